The van der Waals surface area contributed by atoms with Gasteiger partial charge in [-0.3, -0.25) is 4.79 Å². The molecule has 2 nitrogen and oxygen atoms in total. The van der Waals surface area contributed by atoms with Gasteiger partial charge in [0.2, 0.25) is 0 Å². The van der Waals surface area contributed by atoms with Crippen molar-refractivity contribution in [3.05, 3.63) is 41.5 Å². The number of allylic oxidation sites excluding steroid dienone is 1. The molecule has 0 aromatic heterocycles. The molecule has 0 saturated heterocycles. The summed E-state index contributed by atoms with van der Waals surface area (Å²) in [6, 6.07) is 9.07. The molecule has 0 bridgehead atoms. The van der Waals surface area contributed by atoms with Crippen LogP contribution in [0.4, 0.5) is 0 Å². The van der Waals surface area contributed by atoms with Crippen LogP contribution in [0.15, 0.2) is 30.3 Å². The molecular weight excluding hydrogens is 308 g/mol. The number of esters is 1. The van der Waals surface area contributed by atoms with Gasteiger partial charge in [-0.2, -0.15) is 0 Å². The van der Waals surface area contributed by atoms with Gasteiger partial charge in [0.15, 0.2) is 0 Å². The zero-order valence-electron chi connectivity index (χ0n) is 15.7. The van der Waals surface area contributed by atoms with Gasteiger partial charge in [0, 0.05) is 0 Å². The molecule has 0 unspecified atom stereocenters. The zero-order chi connectivity index (χ0) is 17.6. The van der Waals surface area contributed by atoms with Crippen molar-refractivity contribution in [2.45, 2.75) is 64.2 Å². The van der Waals surface area contributed by atoms with Crippen LogP contribution in [0.5, 0.6) is 0 Å². The van der Waals surface area contributed by atoms with Crippen molar-refractivity contribution in [3.63, 3.8) is 0 Å². The summed E-state index contributed by atoms with van der Waals surface area (Å²) in [5, 5.41) is 0. The first-order valence-corrected chi connectivity index (χ1v) is 10.0. The topological polar surface area (TPSA) is 26.3 Å². The number of benzene rings is 1. The number of carbonyl (C=O) groups excluding carboxylic acids is 1. The van der Waals surface area contributed by atoms with E-state index in [0.29, 0.717) is 5.92 Å². The first kappa shape index (κ1) is 18.2. The molecule has 1 aromatic rings. The highest BCUT2D eigenvalue weighted by Crippen LogP contribution is 2.36. The minimum atomic E-state index is -0.0314. The van der Waals surface area contributed by atoms with Crippen LogP contribution in [0.3, 0.4) is 0 Å². The molecule has 0 radical (unpaired) electrons. The third-order valence-corrected chi connectivity index (χ3v) is 6.29. The van der Waals surface area contributed by atoms with Crippen molar-refractivity contribution < 1.29 is 9.53 Å². The minimum absolute atomic E-state index is 0.0314. The maximum absolute atomic E-state index is 11.6. The molecule has 2 aliphatic carbocycles. The van der Waals surface area contributed by atoms with Crippen LogP contribution < -0.4 is 0 Å². The summed E-state index contributed by atoms with van der Waals surface area (Å²) in [5.41, 5.74) is 2.73. The quantitative estimate of drug-likeness (QED) is 0.631. The molecule has 0 amide bonds. The maximum atomic E-state index is 11.6. The van der Waals surface area contributed by atoms with E-state index in [1.165, 1.54) is 43.9 Å². The van der Waals surface area contributed by atoms with E-state index in [1.807, 2.05) is 0 Å². The second kappa shape index (κ2) is 8.69. The second-order valence-electron chi connectivity index (χ2n) is 8.12. The van der Waals surface area contributed by atoms with Crippen LogP contribution in [-0.2, 0) is 9.53 Å². The molecule has 0 spiro atoms. The van der Waals surface area contributed by atoms with Gasteiger partial charge in [-0.05, 0) is 67.4 Å². The lowest BCUT2D eigenvalue weighted by Gasteiger charge is -2.27. The van der Waals surface area contributed by atoms with E-state index in [1.54, 1.807) is 0 Å². The Morgan fingerprint density at radius 2 is 1.60 bits per heavy atom. The van der Waals surface area contributed by atoms with Crippen molar-refractivity contribution >= 4 is 12.0 Å². The number of carbonyl (C=O) groups is 1. The summed E-state index contributed by atoms with van der Waals surface area (Å²) in [4.78, 5) is 11.6. The molecule has 2 aliphatic rings. The summed E-state index contributed by atoms with van der Waals surface area (Å²) in [7, 11) is 1.49. The van der Waals surface area contributed by atoms with Crippen LogP contribution in [0.25, 0.3) is 6.08 Å². The molecule has 25 heavy (non-hydrogen) atoms. The lowest BCUT2D eigenvalue weighted by molar-refractivity contribution is -0.146. The summed E-state index contributed by atoms with van der Waals surface area (Å²) in [6.45, 7) is 2.37. The Morgan fingerprint density at radius 3 is 2.20 bits per heavy atom. The molecule has 0 heterocycles. The molecule has 0 aliphatic heterocycles. The zero-order valence-corrected chi connectivity index (χ0v) is 15.7. The standard InChI is InChI=1S/C23H32O2/c1-17-3-5-18(6-4-17)7-8-19-9-11-20(12-10-19)21-13-15-22(16-14-21)23(24)25-2/h7-12,17-18,21-22H,3-6,13-16H2,1-2H3/b8-7+. The molecule has 3 rings (SSSR count). The Kier molecular flexibility index (Phi) is 6.34. The first-order valence-electron chi connectivity index (χ1n) is 10.0. The van der Waals surface area contributed by atoms with E-state index in [9.17, 15) is 4.79 Å². The Bertz CT molecular complexity index is 571. The molecule has 1 aromatic carbocycles. The van der Waals surface area contributed by atoms with Crippen molar-refractivity contribution in [1.29, 1.82) is 0 Å². The van der Waals surface area contributed by atoms with Gasteiger partial charge in [0.05, 0.1) is 13.0 Å². The van der Waals surface area contributed by atoms with Crippen LogP contribution >= 0.6 is 0 Å². The first-order chi connectivity index (χ1) is 12.2. The summed E-state index contributed by atoms with van der Waals surface area (Å²) < 4.78 is 4.88. The third-order valence-electron chi connectivity index (χ3n) is 6.29. The van der Waals surface area contributed by atoms with Gasteiger partial charge >= 0.3 is 5.97 Å². The number of hydrogen-bond acceptors (Lipinski definition) is 2. The Labute approximate surface area is 152 Å². The van der Waals surface area contributed by atoms with E-state index in [0.717, 1.165) is 37.5 Å². The van der Waals surface area contributed by atoms with Crippen molar-refractivity contribution in [2.75, 3.05) is 7.11 Å². The smallest absolute Gasteiger partial charge is 0.308 e. The van der Waals surface area contributed by atoms with E-state index >= 15 is 0 Å². The lowest BCUT2D eigenvalue weighted by Crippen LogP contribution is -2.22. The molecule has 2 saturated carbocycles. The maximum Gasteiger partial charge on any atom is 0.308 e. The van der Waals surface area contributed by atoms with E-state index < -0.39 is 0 Å². The monoisotopic (exact) mass is 340 g/mol. The van der Waals surface area contributed by atoms with E-state index in [-0.39, 0.29) is 11.9 Å². The van der Waals surface area contributed by atoms with E-state index in [2.05, 4.69) is 43.3 Å². The van der Waals surface area contributed by atoms with Crippen molar-refractivity contribution in [3.8, 4) is 0 Å². The van der Waals surface area contributed by atoms with E-state index in [4.69, 9.17) is 4.74 Å². The molecule has 2 heteroatoms. The SMILES string of the molecule is COC(=O)C1CCC(c2ccc(/C=C/C3CCC(C)CC3)cc2)CC1. The number of ether oxygens (including phenoxy) is 1. The number of hydrogen-bond donors (Lipinski definition) is 0. The van der Waals surface area contributed by atoms with Gasteiger partial charge in [-0.15, -0.1) is 0 Å². The van der Waals surface area contributed by atoms with Crippen LogP contribution in [-0.4, -0.2) is 13.1 Å². The predicted molar refractivity (Wildman–Crippen MR) is 103 cm³/mol. The Hall–Kier alpha value is -1.57. The highest BCUT2D eigenvalue weighted by molar-refractivity contribution is 5.72. The average molecular weight is 341 g/mol. The predicted octanol–water partition coefficient (Wildman–Crippen LogP) is 5.97. The summed E-state index contributed by atoms with van der Waals surface area (Å²) in [5.74, 6) is 2.36. The molecule has 0 N–H and O–H groups in total. The fourth-order valence-corrected chi connectivity index (χ4v) is 4.43. The van der Waals surface area contributed by atoms with Crippen LogP contribution in [0.1, 0.15) is 75.3 Å². The van der Waals surface area contributed by atoms with Gasteiger partial charge in [-0.1, -0.05) is 56.2 Å². The molecule has 0 atom stereocenters. The summed E-state index contributed by atoms with van der Waals surface area (Å²) in [6.07, 6.45) is 14.3. The highest BCUT2D eigenvalue weighted by Gasteiger charge is 2.27. The van der Waals surface area contributed by atoms with Crippen molar-refractivity contribution in [2.24, 2.45) is 17.8 Å². The number of rotatable bonds is 4. The Morgan fingerprint density at radius 1 is 0.960 bits per heavy atom. The third kappa shape index (κ3) is 4.96. The molecular formula is C23H32O2. The van der Waals surface area contributed by atoms with Crippen LogP contribution in [0.2, 0.25) is 0 Å². The number of methoxy groups -OCH3 is 1. The lowest BCUT2D eigenvalue weighted by atomic mass is 9.78. The summed E-state index contributed by atoms with van der Waals surface area (Å²) >= 11 is 0. The van der Waals surface area contributed by atoms with Crippen molar-refractivity contribution in [1.82, 2.24) is 0 Å². The van der Waals surface area contributed by atoms with Gasteiger partial charge < -0.3 is 4.74 Å². The Balaban J connectivity index is 1.51. The second-order valence-corrected chi connectivity index (χ2v) is 8.12. The van der Waals surface area contributed by atoms with Gasteiger partial charge in [0.25, 0.3) is 0 Å². The van der Waals surface area contributed by atoms with Crippen LogP contribution in [0, 0.1) is 17.8 Å². The molecule has 2 fully saturated rings. The fraction of sp³-hybridized carbons (Fsp3) is 0.609. The molecule has 136 valence electrons. The van der Waals surface area contributed by atoms with Gasteiger partial charge in [0.1, 0.15) is 0 Å². The normalized spacial score (nSPS) is 30.3. The largest absolute Gasteiger partial charge is 0.469 e. The average Bonchev–Trinajstić information content (AvgIpc) is 2.67. The fourth-order valence-electron chi connectivity index (χ4n) is 4.43. The minimum Gasteiger partial charge on any atom is -0.469 e. The van der Waals surface area contributed by atoms with Gasteiger partial charge in [-0.25, -0.2) is 0 Å². The highest BCUT2D eigenvalue weighted by atomic mass is 16.5.